The Hall–Kier alpha value is -0.550. The molecule has 0 aromatic heterocycles. The summed E-state index contributed by atoms with van der Waals surface area (Å²) >= 11 is 1.01. The van der Waals surface area contributed by atoms with Crippen LogP contribution in [0.3, 0.4) is 0 Å². The first kappa shape index (κ1) is 14.5. The van der Waals surface area contributed by atoms with Gasteiger partial charge in [-0.2, -0.15) is 0 Å². The fourth-order valence-electron chi connectivity index (χ4n) is 2.19. The third-order valence-electron chi connectivity index (χ3n) is 3.19. The zero-order valence-electron chi connectivity index (χ0n) is 10.8. The van der Waals surface area contributed by atoms with Gasteiger partial charge in [-0.15, -0.1) is 0 Å². The van der Waals surface area contributed by atoms with Crippen molar-refractivity contribution in [1.82, 2.24) is 0 Å². The lowest BCUT2D eigenvalue weighted by molar-refractivity contribution is -0.665. The molecule has 1 aliphatic rings. The average Bonchev–Trinajstić information content (AvgIpc) is 2.27. The number of piperidine rings is 1. The molecule has 0 unspecified atom stereocenters. The zero-order valence-corrected chi connectivity index (χ0v) is 11.6. The molecule has 0 saturated carbocycles. The molecule has 0 aliphatic carbocycles. The van der Waals surface area contributed by atoms with Crippen LogP contribution in [0, 0.1) is 5.92 Å². The minimum Gasteiger partial charge on any atom is -0.459 e. The largest absolute Gasteiger partial charge is 0.459 e. The average molecular weight is 260 g/mol. The molecule has 1 rings (SSSR count). The van der Waals surface area contributed by atoms with Gasteiger partial charge in [0.1, 0.15) is 5.60 Å². The Labute approximate surface area is 107 Å². The van der Waals surface area contributed by atoms with Gasteiger partial charge in [0.05, 0.1) is 18.8 Å². The molecule has 0 radical (unpaired) electrons. The normalized spacial score (nSPS) is 17.8. The Bertz CT molecular complexity index is 285. The Morgan fingerprint density at radius 3 is 2.47 bits per heavy atom. The number of thioether (sulfide) groups is 1. The predicted octanol–water partition coefficient (Wildman–Crippen LogP) is 0.561. The third kappa shape index (κ3) is 5.08. The molecule has 17 heavy (non-hydrogen) atoms. The maximum absolute atomic E-state index is 11.6. The summed E-state index contributed by atoms with van der Waals surface area (Å²) in [5.74, 6) is 0.265. The first-order chi connectivity index (χ1) is 7.92. The first-order valence-electron chi connectivity index (χ1n) is 6.08. The van der Waals surface area contributed by atoms with E-state index in [0.29, 0.717) is 5.92 Å². The SMILES string of the molecule is CC(=O)SCC(=O)OC(C)(C)C1CC[NH2+]CC1. The number of hydrogen-bond acceptors (Lipinski definition) is 4. The van der Waals surface area contributed by atoms with E-state index >= 15 is 0 Å². The molecule has 0 aromatic carbocycles. The monoisotopic (exact) mass is 260 g/mol. The van der Waals surface area contributed by atoms with Gasteiger partial charge in [-0.25, -0.2) is 0 Å². The van der Waals surface area contributed by atoms with Crippen LogP contribution in [0.4, 0.5) is 0 Å². The summed E-state index contributed by atoms with van der Waals surface area (Å²) in [5, 5.41) is 2.24. The molecule has 0 aromatic rings. The van der Waals surface area contributed by atoms with E-state index in [2.05, 4.69) is 5.32 Å². The van der Waals surface area contributed by atoms with E-state index in [9.17, 15) is 9.59 Å². The minimum absolute atomic E-state index is 0.0491. The number of esters is 1. The summed E-state index contributed by atoms with van der Waals surface area (Å²) in [6.45, 7) is 7.61. The number of hydrogen-bond donors (Lipinski definition) is 1. The van der Waals surface area contributed by atoms with E-state index in [1.54, 1.807) is 0 Å². The highest BCUT2D eigenvalue weighted by Crippen LogP contribution is 2.28. The van der Waals surface area contributed by atoms with Crippen LogP contribution in [0.2, 0.25) is 0 Å². The van der Waals surface area contributed by atoms with Crippen molar-refractivity contribution in [1.29, 1.82) is 0 Å². The maximum Gasteiger partial charge on any atom is 0.316 e. The number of quaternary nitrogens is 1. The molecular formula is C12H22NO3S+. The van der Waals surface area contributed by atoms with E-state index in [4.69, 9.17) is 4.74 Å². The van der Waals surface area contributed by atoms with Crippen molar-refractivity contribution in [2.45, 2.75) is 39.2 Å². The van der Waals surface area contributed by atoms with E-state index in [1.165, 1.54) is 6.92 Å². The van der Waals surface area contributed by atoms with Crippen LogP contribution < -0.4 is 5.32 Å². The van der Waals surface area contributed by atoms with Crippen molar-refractivity contribution in [3.8, 4) is 0 Å². The molecule has 98 valence electrons. The van der Waals surface area contributed by atoms with Gasteiger partial charge >= 0.3 is 5.97 Å². The van der Waals surface area contributed by atoms with Crippen molar-refractivity contribution in [2.75, 3.05) is 18.8 Å². The summed E-state index contributed by atoms with van der Waals surface area (Å²) in [4.78, 5) is 22.4. The molecule has 0 spiro atoms. The highest BCUT2D eigenvalue weighted by Gasteiger charge is 2.35. The van der Waals surface area contributed by atoms with Crippen LogP contribution in [0.15, 0.2) is 0 Å². The van der Waals surface area contributed by atoms with Crippen molar-refractivity contribution in [2.24, 2.45) is 5.92 Å². The van der Waals surface area contributed by atoms with E-state index in [-0.39, 0.29) is 16.8 Å². The molecule has 1 fully saturated rings. The lowest BCUT2D eigenvalue weighted by Gasteiger charge is -2.35. The molecule has 4 nitrogen and oxygen atoms in total. The Balaban J connectivity index is 2.41. The fraction of sp³-hybridized carbons (Fsp3) is 0.833. The van der Waals surface area contributed by atoms with Crippen molar-refractivity contribution >= 4 is 22.8 Å². The molecule has 1 aliphatic heterocycles. The van der Waals surface area contributed by atoms with E-state index < -0.39 is 5.60 Å². The van der Waals surface area contributed by atoms with Crippen LogP contribution >= 0.6 is 11.8 Å². The lowest BCUT2D eigenvalue weighted by Crippen LogP contribution is -2.86. The molecule has 0 atom stereocenters. The Kier molecular flexibility index (Phi) is 5.46. The molecule has 0 amide bonds. The van der Waals surface area contributed by atoms with Gasteiger partial charge < -0.3 is 10.1 Å². The lowest BCUT2D eigenvalue weighted by atomic mass is 9.83. The first-order valence-corrected chi connectivity index (χ1v) is 7.07. The third-order valence-corrected chi connectivity index (χ3v) is 3.98. The van der Waals surface area contributed by atoms with Crippen molar-refractivity contribution < 1.29 is 19.6 Å². The minimum atomic E-state index is -0.414. The summed E-state index contributed by atoms with van der Waals surface area (Å²) in [6.07, 6.45) is 2.17. The molecule has 1 heterocycles. The zero-order chi connectivity index (χ0) is 12.9. The van der Waals surface area contributed by atoms with Crippen LogP contribution in [-0.4, -0.2) is 35.5 Å². The standard InChI is InChI=1S/C12H21NO3S/c1-9(14)17-8-11(15)16-12(2,3)10-4-6-13-7-5-10/h10,13H,4-8H2,1-3H3/p+1. The molecule has 2 N–H and O–H groups in total. The second-order valence-electron chi connectivity index (χ2n) is 5.00. The smallest absolute Gasteiger partial charge is 0.316 e. The van der Waals surface area contributed by atoms with E-state index in [1.807, 2.05) is 13.8 Å². The predicted molar refractivity (Wildman–Crippen MR) is 67.7 cm³/mol. The summed E-state index contributed by atoms with van der Waals surface area (Å²) < 4.78 is 5.50. The summed E-state index contributed by atoms with van der Waals surface area (Å²) in [6, 6.07) is 0. The highest BCUT2D eigenvalue weighted by molar-refractivity contribution is 8.14. The Morgan fingerprint density at radius 2 is 1.94 bits per heavy atom. The van der Waals surface area contributed by atoms with E-state index in [0.717, 1.165) is 37.7 Å². The van der Waals surface area contributed by atoms with Gasteiger partial charge in [-0.1, -0.05) is 11.8 Å². The van der Waals surface area contributed by atoms with Gasteiger partial charge in [0.15, 0.2) is 5.12 Å². The van der Waals surface area contributed by atoms with Crippen molar-refractivity contribution in [3.05, 3.63) is 0 Å². The quantitative estimate of drug-likeness (QED) is 0.750. The van der Waals surface area contributed by atoms with Gasteiger partial charge in [-0.05, 0) is 13.8 Å². The van der Waals surface area contributed by atoms with Crippen LogP contribution in [-0.2, 0) is 14.3 Å². The number of nitrogens with two attached hydrogens (primary N) is 1. The number of carbonyl (C=O) groups excluding carboxylic acids is 2. The van der Waals surface area contributed by atoms with Crippen LogP contribution in [0.5, 0.6) is 0 Å². The number of rotatable bonds is 4. The Morgan fingerprint density at radius 1 is 1.35 bits per heavy atom. The van der Waals surface area contributed by atoms with Gasteiger partial charge in [-0.3, -0.25) is 9.59 Å². The molecular weight excluding hydrogens is 238 g/mol. The van der Waals surface area contributed by atoms with Gasteiger partial charge in [0.2, 0.25) is 0 Å². The maximum atomic E-state index is 11.6. The fourth-order valence-corrected chi connectivity index (χ4v) is 2.57. The number of ether oxygens (including phenoxy) is 1. The second-order valence-corrected chi connectivity index (χ2v) is 6.15. The topological polar surface area (TPSA) is 60.0 Å². The van der Waals surface area contributed by atoms with Crippen molar-refractivity contribution in [3.63, 3.8) is 0 Å². The molecule has 0 bridgehead atoms. The van der Waals surface area contributed by atoms with Gasteiger partial charge in [0, 0.05) is 25.7 Å². The number of carbonyl (C=O) groups is 2. The summed E-state index contributed by atoms with van der Waals surface area (Å²) in [7, 11) is 0. The van der Waals surface area contributed by atoms with Crippen LogP contribution in [0.1, 0.15) is 33.6 Å². The molecule has 1 saturated heterocycles. The van der Waals surface area contributed by atoms with Gasteiger partial charge in [0.25, 0.3) is 0 Å². The summed E-state index contributed by atoms with van der Waals surface area (Å²) in [5.41, 5.74) is -0.414. The molecule has 5 heteroatoms. The second kappa shape index (κ2) is 6.40. The van der Waals surface area contributed by atoms with Crippen LogP contribution in [0.25, 0.3) is 0 Å². The highest BCUT2D eigenvalue weighted by atomic mass is 32.2.